The molecule has 0 aliphatic carbocycles. The van der Waals surface area contributed by atoms with Gasteiger partial charge in [0.25, 0.3) is 0 Å². The average molecular weight is 411 g/mol. The molecule has 0 bridgehead atoms. The van der Waals surface area contributed by atoms with E-state index in [2.05, 4.69) is 50.5 Å². The molecule has 1 fully saturated rings. The average Bonchev–Trinajstić information content (AvgIpc) is 2.84. The molecule has 6 nitrogen and oxygen atoms in total. The van der Waals surface area contributed by atoms with Gasteiger partial charge >= 0.3 is 0 Å². The second-order valence-corrected chi connectivity index (χ2v) is 7.97. The molecule has 0 amide bonds. The highest BCUT2D eigenvalue weighted by Gasteiger charge is 2.12. The van der Waals surface area contributed by atoms with Gasteiger partial charge in [-0.05, 0) is 67.3 Å². The third-order valence-electron chi connectivity index (χ3n) is 5.78. The lowest BCUT2D eigenvalue weighted by Gasteiger charge is -2.27. The zero-order valence-electron chi connectivity index (χ0n) is 17.5. The number of anilines is 3. The van der Waals surface area contributed by atoms with Gasteiger partial charge in [0.05, 0.1) is 16.9 Å². The van der Waals surface area contributed by atoms with Gasteiger partial charge in [-0.3, -0.25) is 4.98 Å². The molecule has 156 valence electrons. The summed E-state index contributed by atoms with van der Waals surface area (Å²) in [6.45, 7) is 2.81. The van der Waals surface area contributed by atoms with Gasteiger partial charge < -0.3 is 16.0 Å². The number of nitrogens with one attached hydrogen (secondary N) is 1. The van der Waals surface area contributed by atoms with Gasteiger partial charge in [0.2, 0.25) is 0 Å². The molecular weight excluding hydrogens is 384 g/mol. The van der Waals surface area contributed by atoms with E-state index in [0.29, 0.717) is 18.1 Å². The fraction of sp³-hybridized carbons (Fsp3) is 0.240. The summed E-state index contributed by atoms with van der Waals surface area (Å²) in [6.07, 6.45) is 7.51. The SMILES string of the molecule is Nc1ccc(-c2ccc(N3CCCCC3)nc2)nc1NCc1ccc2ncccc2c1. The van der Waals surface area contributed by atoms with E-state index in [1.54, 1.807) is 0 Å². The molecule has 1 aliphatic rings. The minimum atomic E-state index is 0.629. The maximum Gasteiger partial charge on any atom is 0.150 e. The van der Waals surface area contributed by atoms with Crippen LogP contribution >= 0.6 is 0 Å². The van der Waals surface area contributed by atoms with Crippen molar-refractivity contribution in [1.29, 1.82) is 0 Å². The van der Waals surface area contributed by atoms with Crippen molar-refractivity contribution in [3.05, 3.63) is 72.6 Å². The maximum absolute atomic E-state index is 6.19. The van der Waals surface area contributed by atoms with E-state index in [1.807, 2.05) is 36.7 Å². The van der Waals surface area contributed by atoms with Gasteiger partial charge in [-0.2, -0.15) is 0 Å². The Morgan fingerprint density at radius 3 is 2.68 bits per heavy atom. The van der Waals surface area contributed by atoms with Crippen molar-refractivity contribution in [1.82, 2.24) is 15.0 Å². The Morgan fingerprint density at radius 1 is 0.935 bits per heavy atom. The Morgan fingerprint density at radius 2 is 1.84 bits per heavy atom. The number of nitrogens with zero attached hydrogens (tertiary/aromatic N) is 4. The van der Waals surface area contributed by atoms with Crippen molar-refractivity contribution in [2.75, 3.05) is 29.0 Å². The van der Waals surface area contributed by atoms with Crippen LogP contribution in [-0.2, 0) is 6.54 Å². The molecule has 4 aromatic rings. The molecule has 3 aromatic heterocycles. The minimum absolute atomic E-state index is 0.629. The van der Waals surface area contributed by atoms with Gasteiger partial charge in [-0.15, -0.1) is 0 Å². The summed E-state index contributed by atoms with van der Waals surface area (Å²) in [5.74, 6) is 1.73. The molecule has 1 saturated heterocycles. The number of hydrogen-bond acceptors (Lipinski definition) is 6. The summed E-state index contributed by atoms with van der Waals surface area (Å²) in [5, 5.41) is 4.50. The van der Waals surface area contributed by atoms with Crippen LogP contribution in [0.2, 0.25) is 0 Å². The molecule has 4 heterocycles. The first-order chi connectivity index (χ1) is 15.3. The lowest BCUT2D eigenvalue weighted by atomic mass is 10.1. The van der Waals surface area contributed by atoms with E-state index >= 15 is 0 Å². The number of rotatable bonds is 5. The zero-order chi connectivity index (χ0) is 21.0. The fourth-order valence-corrected chi connectivity index (χ4v) is 4.04. The molecule has 6 heteroatoms. The summed E-state index contributed by atoms with van der Waals surface area (Å²) < 4.78 is 0. The molecule has 1 aliphatic heterocycles. The molecule has 0 atom stereocenters. The van der Waals surface area contributed by atoms with Gasteiger partial charge in [0.15, 0.2) is 0 Å². The van der Waals surface area contributed by atoms with E-state index in [1.165, 1.54) is 19.3 Å². The quantitative estimate of drug-likeness (QED) is 0.488. The van der Waals surface area contributed by atoms with Crippen LogP contribution in [0.4, 0.5) is 17.3 Å². The van der Waals surface area contributed by atoms with Crippen molar-refractivity contribution in [3.63, 3.8) is 0 Å². The van der Waals surface area contributed by atoms with E-state index < -0.39 is 0 Å². The topological polar surface area (TPSA) is 80.0 Å². The lowest BCUT2D eigenvalue weighted by molar-refractivity contribution is 0.573. The highest BCUT2D eigenvalue weighted by atomic mass is 15.2. The molecule has 1 aromatic carbocycles. The number of nitrogen functional groups attached to an aromatic ring is 1. The zero-order valence-corrected chi connectivity index (χ0v) is 17.5. The van der Waals surface area contributed by atoms with Gasteiger partial charge in [-0.25, -0.2) is 9.97 Å². The highest BCUT2D eigenvalue weighted by Crippen LogP contribution is 2.26. The molecule has 0 unspecified atom stereocenters. The van der Waals surface area contributed by atoms with Crippen molar-refractivity contribution in [2.45, 2.75) is 25.8 Å². The largest absolute Gasteiger partial charge is 0.396 e. The van der Waals surface area contributed by atoms with Crippen molar-refractivity contribution in [3.8, 4) is 11.3 Å². The Labute approximate surface area is 182 Å². The minimum Gasteiger partial charge on any atom is -0.396 e. The van der Waals surface area contributed by atoms with Crippen LogP contribution in [0, 0.1) is 0 Å². The molecule has 0 saturated carbocycles. The van der Waals surface area contributed by atoms with Crippen molar-refractivity contribution >= 4 is 28.2 Å². The predicted octanol–water partition coefficient (Wildman–Crippen LogP) is 4.88. The molecule has 5 rings (SSSR count). The summed E-state index contributed by atoms with van der Waals surface area (Å²) in [7, 11) is 0. The lowest BCUT2D eigenvalue weighted by Crippen LogP contribution is -2.29. The smallest absolute Gasteiger partial charge is 0.150 e. The van der Waals surface area contributed by atoms with Crippen LogP contribution < -0.4 is 16.0 Å². The van der Waals surface area contributed by atoms with E-state index in [-0.39, 0.29) is 0 Å². The molecular formula is C25H26N6. The molecule has 31 heavy (non-hydrogen) atoms. The van der Waals surface area contributed by atoms with E-state index in [4.69, 9.17) is 10.7 Å². The monoisotopic (exact) mass is 410 g/mol. The Bertz CT molecular complexity index is 1180. The van der Waals surface area contributed by atoms with Gasteiger partial charge in [0, 0.05) is 43.0 Å². The number of benzene rings is 1. The standard InChI is InChI=1S/C25H26N6/c26-21-8-10-23(20-7-11-24(28-17-20)31-13-2-1-3-14-31)30-25(21)29-16-18-6-9-22-19(15-18)5-4-12-27-22/h4-12,15,17H,1-3,13-14,16,26H2,(H,29,30). The Hall–Kier alpha value is -3.67. The number of fused-ring (bicyclic) bond motifs is 1. The number of nitrogens with two attached hydrogens (primary N) is 1. The first-order valence-corrected chi connectivity index (χ1v) is 10.8. The van der Waals surface area contributed by atoms with Gasteiger partial charge in [-0.1, -0.05) is 12.1 Å². The van der Waals surface area contributed by atoms with Crippen LogP contribution in [0.3, 0.4) is 0 Å². The first kappa shape index (κ1) is 19.3. The first-order valence-electron chi connectivity index (χ1n) is 10.8. The van der Waals surface area contributed by atoms with Crippen LogP contribution in [0.1, 0.15) is 24.8 Å². The van der Waals surface area contributed by atoms with E-state index in [0.717, 1.165) is 46.6 Å². The Kier molecular flexibility index (Phi) is 5.35. The number of aromatic nitrogens is 3. The molecule has 0 radical (unpaired) electrons. The fourth-order valence-electron chi connectivity index (χ4n) is 4.04. The highest BCUT2D eigenvalue weighted by molar-refractivity contribution is 5.79. The summed E-state index contributed by atoms with van der Waals surface area (Å²) in [6, 6.07) is 18.3. The summed E-state index contributed by atoms with van der Waals surface area (Å²) in [5.41, 5.74) is 10.8. The summed E-state index contributed by atoms with van der Waals surface area (Å²) >= 11 is 0. The third kappa shape index (κ3) is 4.28. The second-order valence-electron chi connectivity index (χ2n) is 7.97. The van der Waals surface area contributed by atoms with Crippen molar-refractivity contribution < 1.29 is 0 Å². The molecule has 3 N–H and O–H groups in total. The molecule has 0 spiro atoms. The van der Waals surface area contributed by atoms with Crippen molar-refractivity contribution in [2.24, 2.45) is 0 Å². The van der Waals surface area contributed by atoms with E-state index in [9.17, 15) is 0 Å². The number of hydrogen-bond donors (Lipinski definition) is 2. The van der Waals surface area contributed by atoms with Gasteiger partial charge in [0.1, 0.15) is 11.6 Å². The third-order valence-corrected chi connectivity index (χ3v) is 5.78. The number of piperidine rings is 1. The Balaban J connectivity index is 1.32. The van der Waals surface area contributed by atoms with Crippen LogP contribution in [0.25, 0.3) is 22.2 Å². The van der Waals surface area contributed by atoms with Crippen LogP contribution in [0.5, 0.6) is 0 Å². The van der Waals surface area contributed by atoms with Crippen LogP contribution in [-0.4, -0.2) is 28.0 Å². The summed E-state index contributed by atoms with van der Waals surface area (Å²) in [4.78, 5) is 16.2. The normalized spacial score (nSPS) is 14.0. The maximum atomic E-state index is 6.19. The van der Waals surface area contributed by atoms with Crippen LogP contribution in [0.15, 0.2) is 67.0 Å². The second kappa shape index (κ2) is 8.60. The number of pyridine rings is 3. The predicted molar refractivity (Wildman–Crippen MR) is 127 cm³/mol.